The summed E-state index contributed by atoms with van der Waals surface area (Å²) in [5, 5.41) is 3.24. The number of halogens is 1. The SMILES string of the molecule is CN=c1sc([N+]2(C(=O)CCS(=O)(=O)c3ccc4cc(Cl)ccc4c3)CCCCC2)cn1C. The number of quaternary nitrogens is 1. The highest BCUT2D eigenvalue weighted by atomic mass is 35.5. The summed E-state index contributed by atoms with van der Waals surface area (Å²) in [6.45, 7) is 1.42. The number of aromatic nitrogens is 1. The van der Waals surface area contributed by atoms with Gasteiger partial charge in [0.15, 0.2) is 14.6 Å². The second kappa shape index (κ2) is 9.09. The van der Waals surface area contributed by atoms with Crippen molar-refractivity contribution in [3.05, 3.63) is 52.4 Å². The monoisotopic (exact) mass is 492 g/mol. The molecule has 4 rings (SSSR count). The molecule has 0 unspecified atom stereocenters. The lowest BCUT2D eigenvalue weighted by atomic mass is 10.1. The number of carbonyl (C=O) groups is 1. The van der Waals surface area contributed by atoms with Gasteiger partial charge in [-0.2, -0.15) is 0 Å². The zero-order valence-corrected chi connectivity index (χ0v) is 20.6. The molecule has 32 heavy (non-hydrogen) atoms. The van der Waals surface area contributed by atoms with Gasteiger partial charge in [0.1, 0.15) is 0 Å². The van der Waals surface area contributed by atoms with Crippen LogP contribution in [-0.2, 0) is 21.7 Å². The number of likely N-dealkylation sites (tertiary alicyclic amines) is 1. The number of hydrogen-bond acceptors (Lipinski definition) is 5. The molecule has 1 amide bonds. The topological polar surface area (TPSA) is 68.5 Å². The van der Waals surface area contributed by atoms with Crippen LogP contribution >= 0.6 is 22.9 Å². The molecule has 2 heterocycles. The van der Waals surface area contributed by atoms with Gasteiger partial charge in [-0.3, -0.25) is 4.99 Å². The van der Waals surface area contributed by atoms with Gasteiger partial charge in [0, 0.05) is 19.1 Å². The van der Waals surface area contributed by atoms with E-state index < -0.39 is 9.84 Å². The van der Waals surface area contributed by atoms with Crippen molar-refractivity contribution in [2.75, 3.05) is 25.9 Å². The normalized spacial score (nSPS) is 17.0. The zero-order chi connectivity index (χ0) is 22.9. The molecule has 1 aliphatic rings. The summed E-state index contributed by atoms with van der Waals surface area (Å²) < 4.78 is 28.3. The highest BCUT2D eigenvalue weighted by molar-refractivity contribution is 7.91. The molecule has 2 aromatic carbocycles. The zero-order valence-electron chi connectivity index (χ0n) is 18.3. The molecule has 0 spiro atoms. The van der Waals surface area contributed by atoms with E-state index >= 15 is 0 Å². The first kappa shape index (κ1) is 23.2. The van der Waals surface area contributed by atoms with Gasteiger partial charge in [0.2, 0.25) is 5.00 Å². The van der Waals surface area contributed by atoms with Crippen molar-refractivity contribution < 1.29 is 13.2 Å². The summed E-state index contributed by atoms with van der Waals surface area (Å²) in [5.41, 5.74) is 0. The molecule has 0 saturated carbocycles. The Morgan fingerprint density at radius 2 is 1.81 bits per heavy atom. The number of sulfone groups is 1. The van der Waals surface area contributed by atoms with Gasteiger partial charge >= 0.3 is 5.91 Å². The lowest BCUT2D eigenvalue weighted by Gasteiger charge is -2.36. The van der Waals surface area contributed by atoms with Gasteiger partial charge < -0.3 is 4.57 Å². The summed E-state index contributed by atoms with van der Waals surface area (Å²) >= 11 is 7.54. The average molecular weight is 493 g/mol. The highest BCUT2D eigenvalue weighted by Crippen LogP contribution is 2.32. The first-order valence-corrected chi connectivity index (χ1v) is 13.5. The molecule has 1 saturated heterocycles. The number of rotatable bonds is 5. The van der Waals surface area contributed by atoms with Crippen LogP contribution in [0.4, 0.5) is 5.00 Å². The number of fused-ring (bicyclic) bond motifs is 1. The molecule has 0 bridgehead atoms. The third-order valence-electron chi connectivity index (χ3n) is 6.19. The van der Waals surface area contributed by atoms with Gasteiger partial charge in [-0.1, -0.05) is 23.7 Å². The fourth-order valence-corrected chi connectivity index (χ4v) is 6.99. The molecular weight excluding hydrogens is 466 g/mol. The number of benzene rings is 2. The molecule has 1 aliphatic heterocycles. The van der Waals surface area contributed by atoms with E-state index in [1.165, 1.54) is 11.3 Å². The van der Waals surface area contributed by atoms with Crippen LogP contribution in [-0.4, -0.2) is 44.8 Å². The van der Waals surface area contributed by atoms with Crippen molar-refractivity contribution in [3.8, 4) is 0 Å². The molecule has 170 valence electrons. The van der Waals surface area contributed by atoms with Gasteiger partial charge in [-0.25, -0.2) is 17.7 Å². The number of nitrogens with zero attached hydrogens (tertiary/aromatic N) is 3. The predicted molar refractivity (Wildman–Crippen MR) is 131 cm³/mol. The van der Waals surface area contributed by atoms with Crippen LogP contribution in [0, 0.1) is 0 Å². The van der Waals surface area contributed by atoms with E-state index in [0.29, 0.717) is 18.1 Å². The summed E-state index contributed by atoms with van der Waals surface area (Å²) in [7, 11) is 0.0631. The van der Waals surface area contributed by atoms with Gasteiger partial charge in [0.05, 0.1) is 36.4 Å². The maximum absolute atomic E-state index is 13.5. The number of piperidine rings is 1. The van der Waals surface area contributed by atoms with Crippen LogP contribution in [0.5, 0.6) is 0 Å². The van der Waals surface area contributed by atoms with Gasteiger partial charge in [-0.05, 0) is 65.6 Å². The van der Waals surface area contributed by atoms with Crippen LogP contribution in [0.3, 0.4) is 0 Å². The number of amides is 1. The lowest BCUT2D eigenvalue weighted by Crippen LogP contribution is -2.57. The predicted octanol–water partition coefficient (Wildman–Crippen LogP) is 4.31. The third kappa shape index (κ3) is 4.41. The van der Waals surface area contributed by atoms with Crippen LogP contribution < -0.4 is 9.28 Å². The Kier molecular flexibility index (Phi) is 6.58. The van der Waals surface area contributed by atoms with Crippen molar-refractivity contribution in [3.63, 3.8) is 0 Å². The maximum atomic E-state index is 13.5. The summed E-state index contributed by atoms with van der Waals surface area (Å²) in [4.78, 5) is 18.9. The first-order chi connectivity index (χ1) is 15.2. The number of thiazole rings is 1. The highest BCUT2D eigenvalue weighted by Gasteiger charge is 2.42. The Bertz CT molecular complexity index is 1340. The second-order valence-corrected chi connectivity index (χ2v) is 11.8. The van der Waals surface area contributed by atoms with E-state index in [4.69, 9.17) is 11.6 Å². The van der Waals surface area contributed by atoms with Crippen LogP contribution in [0.2, 0.25) is 5.02 Å². The molecule has 3 aromatic rings. The molecule has 0 radical (unpaired) electrons. The van der Waals surface area contributed by atoms with E-state index in [-0.39, 0.29) is 27.5 Å². The number of aryl methyl sites for hydroxylation is 1. The summed E-state index contributed by atoms with van der Waals surface area (Å²) in [6.07, 6.45) is 4.95. The van der Waals surface area contributed by atoms with E-state index in [0.717, 1.165) is 39.8 Å². The molecule has 0 atom stereocenters. The number of carbonyl (C=O) groups excluding carboxylic acids is 1. The van der Waals surface area contributed by atoms with Crippen LogP contribution in [0.25, 0.3) is 10.8 Å². The smallest absolute Gasteiger partial charge is 0.320 e. The molecule has 0 N–H and O–H groups in total. The Balaban J connectivity index is 1.59. The van der Waals surface area contributed by atoms with E-state index in [1.54, 1.807) is 37.4 Å². The first-order valence-electron chi connectivity index (χ1n) is 10.7. The van der Waals surface area contributed by atoms with E-state index in [2.05, 4.69) is 4.99 Å². The van der Waals surface area contributed by atoms with Crippen molar-refractivity contribution in [2.24, 2.45) is 12.0 Å². The molecule has 9 heteroatoms. The molecule has 6 nitrogen and oxygen atoms in total. The van der Waals surface area contributed by atoms with Gasteiger partial charge in [0.25, 0.3) is 0 Å². The Labute approximate surface area is 197 Å². The second-order valence-electron chi connectivity index (χ2n) is 8.28. The fourth-order valence-electron chi connectivity index (χ4n) is 4.40. The third-order valence-corrected chi connectivity index (χ3v) is 9.46. The molecular formula is C23H27ClN3O3S2+. The summed E-state index contributed by atoms with van der Waals surface area (Å²) in [5.74, 6) is -0.238. The van der Waals surface area contributed by atoms with Crippen LogP contribution in [0.1, 0.15) is 25.7 Å². The van der Waals surface area contributed by atoms with Crippen molar-refractivity contribution in [1.29, 1.82) is 0 Å². The van der Waals surface area contributed by atoms with E-state index in [1.807, 2.05) is 23.9 Å². The van der Waals surface area contributed by atoms with Crippen LogP contribution in [0.15, 0.2) is 52.5 Å². The lowest BCUT2D eigenvalue weighted by molar-refractivity contribution is -0.130. The quantitative estimate of drug-likeness (QED) is 0.498. The Morgan fingerprint density at radius 3 is 2.50 bits per heavy atom. The molecule has 1 fully saturated rings. The van der Waals surface area contributed by atoms with E-state index in [9.17, 15) is 13.2 Å². The molecule has 0 aliphatic carbocycles. The van der Waals surface area contributed by atoms with Crippen molar-refractivity contribution in [2.45, 2.75) is 30.6 Å². The van der Waals surface area contributed by atoms with Gasteiger partial charge in [-0.15, -0.1) is 0 Å². The minimum absolute atomic E-state index is 0.0127. The minimum Gasteiger partial charge on any atom is -0.321 e. The molecule has 1 aromatic heterocycles. The summed E-state index contributed by atoms with van der Waals surface area (Å²) in [6, 6.07) is 10.4. The Hall–Kier alpha value is -2.00. The minimum atomic E-state index is -3.60. The van der Waals surface area contributed by atoms with Crippen molar-refractivity contribution >= 4 is 54.5 Å². The standard InChI is InChI=1S/C23H27ClN3O3S2/c1-25-23-26(2)16-22(31-23)27(11-4-3-5-12-27)21(28)10-13-32(29,30)20-9-7-17-14-19(24)8-6-18(17)15-20/h6-9,14-16H,3-5,10-13H2,1-2H3/q+1. The average Bonchev–Trinajstić information content (AvgIpc) is 3.18. The number of hydrogen-bond donors (Lipinski definition) is 0. The largest absolute Gasteiger partial charge is 0.321 e. The maximum Gasteiger partial charge on any atom is 0.320 e. The van der Waals surface area contributed by atoms with Crippen molar-refractivity contribution in [1.82, 2.24) is 9.05 Å². The Morgan fingerprint density at radius 1 is 1.12 bits per heavy atom. The fraction of sp³-hybridized carbons (Fsp3) is 0.391.